The monoisotopic (exact) mass is 464 g/mol. The zero-order valence-corrected chi connectivity index (χ0v) is 19.8. The summed E-state index contributed by atoms with van der Waals surface area (Å²) in [5.41, 5.74) is 4.12. The topological polar surface area (TPSA) is 49.4 Å². The summed E-state index contributed by atoms with van der Waals surface area (Å²) in [7, 11) is 1.58. The van der Waals surface area contributed by atoms with Crippen molar-refractivity contribution in [3.05, 3.63) is 107 Å². The SMILES string of the molecule is CNC(=O)C(Cc1ccccc1)N(Cc1ccc(F)cc1)C(=O)CSCc1ccccc1C. The normalized spacial score (nSPS) is 11.6. The second-order valence-corrected chi connectivity index (χ2v) is 8.87. The van der Waals surface area contributed by atoms with Crippen molar-refractivity contribution in [1.29, 1.82) is 0 Å². The van der Waals surface area contributed by atoms with Gasteiger partial charge in [-0.15, -0.1) is 11.8 Å². The van der Waals surface area contributed by atoms with Gasteiger partial charge in [0.15, 0.2) is 0 Å². The molecule has 0 aliphatic heterocycles. The Morgan fingerprint density at radius 2 is 1.61 bits per heavy atom. The van der Waals surface area contributed by atoms with Crippen LogP contribution in [0.15, 0.2) is 78.9 Å². The summed E-state index contributed by atoms with van der Waals surface area (Å²) >= 11 is 1.53. The van der Waals surface area contributed by atoms with Crippen LogP contribution in [0.2, 0.25) is 0 Å². The first kappa shape index (κ1) is 24.5. The van der Waals surface area contributed by atoms with Crippen LogP contribution in [-0.2, 0) is 28.3 Å². The van der Waals surface area contributed by atoms with Crippen LogP contribution in [0.3, 0.4) is 0 Å². The Labute approximate surface area is 199 Å². The molecule has 4 nitrogen and oxygen atoms in total. The highest BCUT2D eigenvalue weighted by atomic mass is 32.2. The molecule has 0 aromatic heterocycles. The van der Waals surface area contributed by atoms with Crippen LogP contribution in [0.25, 0.3) is 0 Å². The lowest BCUT2D eigenvalue weighted by Gasteiger charge is -2.31. The number of benzene rings is 3. The van der Waals surface area contributed by atoms with E-state index in [-0.39, 0.29) is 29.9 Å². The Morgan fingerprint density at radius 3 is 2.27 bits per heavy atom. The van der Waals surface area contributed by atoms with Crippen LogP contribution < -0.4 is 5.32 Å². The number of nitrogens with zero attached hydrogens (tertiary/aromatic N) is 1. The van der Waals surface area contributed by atoms with Gasteiger partial charge in [0.1, 0.15) is 11.9 Å². The molecule has 1 atom stereocenters. The van der Waals surface area contributed by atoms with Crippen LogP contribution in [-0.4, -0.2) is 35.6 Å². The quantitative estimate of drug-likeness (QED) is 0.471. The van der Waals surface area contributed by atoms with Gasteiger partial charge >= 0.3 is 0 Å². The lowest BCUT2D eigenvalue weighted by atomic mass is 10.0. The predicted octanol–water partition coefficient (Wildman–Crippen LogP) is 4.75. The standard InChI is InChI=1S/C27H29FN2O2S/c1-20-8-6-7-11-23(20)18-33-19-26(31)30(17-22-12-14-24(28)15-13-22)25(27(32)29-2)16-21-9-4-3-5-10-21/h3-15,25H,16-19H2,1-2H3,(H,29,32). The Bertz CT molecular complexity index is 1060. The minimum atomic E-state index is -0.672. The highest BCUT2D eigenvalue weighted by Crippen LogP contribution is 2.20. The molecule has 172 valence electrons. The number of hydrogen-bond donors (Lipinski definition) is 1. The van der Waals surface area contributed by atoms with Crippen molar-refractivity contribution < 1.29 is 14.0 Å². The Balaban J connectivity index is 1.80. The number of thioether (sulfide) groups is 1. The molecule has 0 saturated heterocycles. The van der Waals surface area contributed by atoms with E-state index in [0.29, 0.717) is 12.2 Å². The van der Waals surface area contributed by atoms with Crippen molar-refractivity contribution in [2.75, 3.05) is 12.8 Å². The van der Waals surface area contributed by atoms with E-state index in [1.807, 2.05) is 42.5 Å². The van der Waals surface area contributed by atoms with Gasteiger partial charge in [-0.1, -0.05) is 66.7 Å². The number of amides is 2. The maximum absolute atomic E-state index is 13.4. The first-order valence-electron chi connectivity index (χ1n) is 10.9. The second kappa shape index (κ2) is 12.2. The molecule has 0 heterocycles. The second-order valence-electron chi connectivity index (χ2n) is 7.89. The minimum absolute atomic E-state index is 0.123. The molecule has 0 fully saturated rings. The lowest BCUT2D eigenvalue weighted by molar-refractivity contribution is -0.139. The van der Waals surface area contributed by atoms with Gasteiger partial charge in [-0.2, -0.15) is 0 Å². The molecular weight excluding hydrogens is 435 g/mol. The number of rotatable bonds is 10. The van der Waals surface area contributed by atoms with E-state index < -0.39 is 6.04 Å². The molecule has 1 unspecified atom stereocenters. The van der Waals surface area contributed by atoms with Gasteiger partial charge in [-0.25, -0.2) is 4.39 Å². The number of halogens is 1. The van der Waals surface area contributed by atoms with Crippen molar-refractivity contribution in [1.82, 2.24) is 10.2 Å². The van der Waals surface area contributed by atoms with E-state index in [0.717, 1.165) is 11.1 Å². The van der Waals surface area contributed by atoms with Crippen LogP contribution in [0.5, 0.6) is 0 Å². The van der Waals surface area contributed by atoms with Crippen LogP contribution in [0.1, 0.15) is 22.3 Å². The highest BCUT2D eigenvalue weighted by molar-refractivity contribution is 7.99. The molecule has 0 aliphatic rings. The number of hydrogen-bond acceptors (Lipinski definition) is 3. The van der Waals surface area contributed by atoms with E-state index in [1.54, 1.807) is 24.1 Å². The van der Waals surface area contributed by atoms with E-state index >= 15 is 0 Å². The lowest BCUT2D eigenvalue weighted by Crippen LogP contribution is -2.50. The molecule has 0 saturated carbocycles. The molecule has 0 radical (unpaired) electrons. The van der Waals surface area contributed by atoms with Gasteiger partial charge in [0, 0.05) is 25.8 Å². The predicted molar refractivity (Wildman–Crippen MR) is 132 cm³/mol. The summed E-state index contributed by atoms with van der Waals surface area (Å²) in [4.78, 5) is 27.9. The molecule has 1 N–H and O–H groups in total. The molecule has 2 amide bonds. The van der Waals surface area contributed by atoms with E-state index in [2.05, 4.69) is 24.4 Å². The van der Waals surface area contributed by atoms with E-state index in [1.165, 1.54) is 35.0 Å². The van der Waals surface area contributed by atoms with Crippen molar-refractivity contribution in [2.24, 2.45) is 0 Å². The number of aryl methyl sites for hydroxylation is 1. The Hall–Kier alpha value is -3.12. The third-order valence-corrected chi connectivity index (χ3v) is 6.49. The van der Waals surface area contributed by atoms with Crippen molar-refractivity contribution in [2.45, 2.75) is 31.7 Å². The summed E-state index contributed by atoms with van der Waals surface area (Å²) in [5.74, 6) is 0.280. The van der Waals surface area contributed by atoms with Crippen LogP contribution >= 0.6 is 11.8 Å². The maximum atomic E-state index is 13.4. The minimum Gasteiger partial charge on any atom is -0.357 e. The maximum Gasteiger partial charge on any atom is 0.242 e. The third kappa shape index (κ3) is 7.19. The largest absolute Gasteiger partial charge is 0.357 e. The smallest absolute Gasteiger partial charge is 0.242 e. The molecule has 0 aliphatic carbocycles. The summed E-state index contributed by atoms with van der Waals surface area (Å²) in [6, 6.07) is 23.1. The Kier molecular flexibility index (Phi) is 9.07. The zero-order valence-electron chi connectivity index (χ0n) is 19.0. The average Bonchev–Trinajstić information content (AvgIpc) is 2.83. The summed E-state index contributed by atoms with van der Waals surface area (Å²) in [6.07, 6.45) is 0.399. The van der Waals surface area contributed by atoms with Gasteiger partial charge in [0.2, 0.25) is 11.8 Å². The zero-order chi connectivity index (χ0) is 23.6. The third-order valence-electron chi connectivity index (χ3n) is 5.53. The van der Waals surface area contributed by atoms with Crippen molar-refractivity contribution in [3.63, 3.8) is 0 Å². The number of nitrogens with one attached hydrogen (secondary N) is 1. The number of carbonyl (C=O) groups is 2. The van der Waals surface area contributed by atoms with E-state index in [9.17, 15) is 14.0 Å². The summed E-state index contributed by atoms with van der Waals surface area (Å²) in [5, 5.41) is 2.71. The van der Waals surface area contributed by atoms with E-state index in [4.69, 9.17) is 0 Å². The first-order chi connectivity index (χ1) is 16.0. The van der Waals surface area contributed by atoms with Gasteiger partial charge in [0.25, 0.3) is 0 Å². The van der Waals surface area contributed by atoms with Gasteiger partial charge in [-0.05, 0) is 41.3 Å². The fraction of sp³-hybridized carbons (Fsp3) is 0.259. The average molecular weight is 465 g/mol. The highest BCUT2D eigenvalue weighted by Gasteiger charge is 2.29. The first-order valence-corrected chi connectivity index (χ1v) is 12.0. The van der Waals surface area contributed by atoms with Gasteiger partial charge < -0.3 is 10.2 Å². The van der Waals surface area contributed by atoms with Gasteiger partial charge in [-0.3, -0.25) is 9.59 Å². The Morgan fingerprint density at radius 1 is 0.939 bits per heavy atom. The molecule has 33 heavy (non-hydrogen) atoms. The molecule has 3 rings (SSSR count). The molecule has 6 heteroatoms. The van der Waals surface area contributed by atoms with Crippen molar-refractivity contribution in [3.8, 4) is 0 Å². The van der Waals surface area contributed by atoms with Gasteiger partial charge in [0.05, 0.1) is 5.75 Å². The molecule has 0 bridgehead atoms. The summed E-state index contributed by atoms with van der Waals surface area (Å²) < 4.78 is 13.4. The fourth-order valence-electron chi connectivity index (χ4n) is 3.61. The van der Waals surface area contributed by atoms with Crippen molar-refractivity contribution >= 4 is 23.6 Å². The molecule has 0 spiro atoms. The molecular formula is C27H29FN2O2S. The number of carbonyl (C=O) groups excluding carboxylic acids is 2. The number of likely N-dealkylation sites (N-methyl/N-ethyl adjacent to an activating group) is 1. The molecule has 3 aromatic carbocycles. The summed E-state index contributed by atoms with van der Waals surface area (Å²) in [6.45, 7) is 2.29. The van der Waals surface area contributed by atoms with Crippen LogP contribution in [0.4, 0.5) is 4.39 Å². The van der Waals surface area contributed by atoms with Crippen LogP contribution in [0, 0.1) is 12.7 Å². The fourth-order valence-corrected chi connectivity index (χ4v) is 4.60. The molecule has 3 aromatic rings.